The van der Waals surface area contributed by atoms with Crippen LogP contribution in [-0.2, 0) is 9.05 Å². The lowest BCUT2D eigenvalue weighted by molar-refractivity contribution is 0.0582. The van der Waals surface area contributed by atoms with Crippen molar-refractivity contribution in [3.63, 3.8) is 0 Å². The largest absolute Gasteiger partial charge is 0.409 e. The van der Waals surface area contributed by atoms with Crippen LogP contribution in [0.4, 0.5) is 0 Å². The van der Waals surface area contributed by atoms with E-state index in [1.54, 1.807) is 0 Å². The van der Waals surface area contributed by atoms with E-state index in [-0.39, 0.29) is 12.2 Å². The third-order valence-corrected chi connectivity index (χ3v) is 8.18. The zero-order chi connectivity index (χ0) is 16.0. The molecule has 134 valence electrons. The van der Waals surface area contributed by atoms with Crippen molar-refractivity contribution in [2.75, 3.05) is 6.16 Å². The lowest BCUT2D eigenvalue weighted by Crippen LogP contribution is -2.26. The average molecular weight is 343 g/mol. The molecule has 0 aromatic carbocycles. The molecule has 0 heterocycles. The molecule has 1 N–H and O–H groups in total. The molecule has 0 aliphatic heterocycles. The molecule has 0 radical (unpaired) electrons. The van der Waals surface area contributed by atoms with E-state index in [1.165, 1.54) is 70.6 Å². The Hall–Kier alpha value is 0.310. The smallest absolute Gasteiger partial charge is 0.193 e. The van der Waals surface area contributed by atoms with Gasteiger partial charge in [-0.1, -0.05) is 57.8 Å². The van der Waals surface area contributed by atoms with E-state index in [0.717, 1.165) is 31.8 Å². The topological polar surface area (TPSA) is 38.7 Å². The first-order chi connectivity index (χ1) is 11.2. The predicted octanol–water partition coefficient (Wildman–Crippen LogP) is 6.02. The van der Waals surface area contributed by atoms with Gasteiger partial charge in [-0.2, -0.15) is 13.9 Å². The van der Waals surface area contributed by atoms with Crippen LogP contribution in [-0.4, -0.2) is 23.3 Å². The van der Waals surface area contributed by atoms with E-state index >= 15 is 0 Å². The first-order valence-electron chi connectivity index (χ1n) is 10.2. The second-order valence-corrected chi connectivity index (χ2v) is 10.1. The van der Waals surface area contributed by atoms with Gasteiger partial charge in [-0.3, -0.25) is 0 Å². The molecule has 0 bridgehead atoms. The molecule has 0 amide bonds. The van der Waals surface area contributed by atoms with Crippen LogP contribution in [0.2, 0.25) is 0 Å². The van der Waals surface area contributed by atoms with Crippen molar-refractivity contribution in [3.05, 3.63) is 0 Å². The zero-order valence-corrected chi connectivity index (χ0v) is 15.7. The van der Waals surface area contributed by atoms with E-state index in [0.29, 0.717) is 5.92 Å². The third kappa shape index (κ3) is 5.96. The minimum atomic E-state index is -2.67. The SMILES string of the molecule is O[P+](CC1CCCCC1)(OC1CCCCC1)OC1CCCCC1. The van der Waals surface area contributed by atoms with Crippen LogP contribution in [0.1, 0.15) is 96.3 Å². The Balaban J connectivity index is 1.59. The van der Waals surface area contributed by atoms with E-state index in [4.69, 9.17) is 9.05 Å². The molecule has 23 heavy (non-hydrogen) atoms. The van der Waals surface area contributed by atoms with Crippen molar-refractivity contribution >= 4 is 7.94 Å². The quantitative estimate of drug-likeness (QED) is 0.599. The molecule has 0 spiro atoms. The third-order valence-electron chi connectivity index (χ3n) is 5.95. The van der Waals surface area contributed by atoms with Crippen LogP contribution >= 0.6 is 7.94 Å². The Kier molecular flexibility index (Phi) is 7.19. The highest BCUT2D eigenvalue weighted by Gasteiger charge is 2.48. The minimum Gasteiger partial charge on any atom is -0.193 e. The van der Waals surface area contributed by atoms with Gasteiger partial charge in [0.2, 0.25) is 0 Å². The zero-order valence-electron chi connectivity index (χ0n) is 14.8. The van der Waals surface area contributed by atoms with Gasteiger partial charge in [0.05, 0.1) is 0 Å². The van der Waals surface area contributed by atoms with Gasteiger partial charge >= 0.3 is 7.94 Å². The summed E-state index contributed by atoms with van der Waals surface area (Å²) >= 11 is 0. The predicted molar refractivity (Wildman–Crippen MR) is 96.5 cm³/mol. The lowest BCUT2D eigenvalue weighted by atomic mass is 9.91. The van der Waals surface area contributed by atoms with Crippen LogP contribution in [0.5, 0.6) is 0 Å². The molecule has 3 saturated carbocycles. The molecule has 4 heteroatoms. The highest BCUT2D eigenvalue weighted by atomic mass is 31.2. The Bertz CT molecular complexity index is 281. The molecule has 3 aliphatic carbocycles. The molecule has 3 fully saturated rings. The van der Waals surface area contributed by atoms with Crippen LogP contribution in [0.25, 0.3) is 0 Å². The molecule has 0 unspecified atom stereocenters. The Labute approximate surface area is 143 Å². The van der Waals surface area contributed by atoms with E-state index in [1.807, 2.05) is 0 Å². The van der Waals surface area contributed by atoms with Crippen molar-refractivity contribution in [3.8, 4) is 0 Å². The fourth-order valence-corrected chi connectivity index (χ4v) is 7.21. The maximum atomic E-state index is 11.3. The van der Waals surface area contributed by atoms with Gasteiger partial charge in [-0.25, -0.2) is 0 Å². The Morgan fingerprint density at radius 1 is 0.609 bits per heavy atom. The van der Waals surface area contributed by atoms with Crippen molar-refractivity contribution in [2.45, 2.75) is 109 Å². The first-order valence-corrected chi connectivity index (χ1v) is 12.0. The van der Waals surface area contributed by atoms with Gasteiger partial charge < -0.3 is 0 Å². The molecule has 0 atom stereocenters. The van der Waals surface area contributed by atoms with E-state index in [9.17, 15) is 4.89 Å². The number of hydrogen-bond donors (Lipinski definition) is 1. The van der Waals surface area contributed by atoms with Gasteiger partial charge in [-0.05, 0) is 38.5 Å². The molecule has 0 saturated heterocycles. The van der Waals surface area contributed by atoms with Gasteiger partial charge in [0.1, 0.15) is 18.4 Å². The Morgan fingerprint density at radius 3 is 1.43 bits per heavy atom. The molecule has 3 rings (SSSR count). The van der Waals surface area contributed by atoms with Gasteiger partial charge in [0.25, 0.3) is 0 Å². The standard InChI is InChI=1S/C19H36O3P/c20-23(16-17-10-4-1-5-11-17,21-18-12-6-2-7-13-18)22-19-14-8-3-9-15-19/h17-20H,1-16H2/q+1. The average Bonchev–Trinajstić information content (AvgIpc) is 2.57. The number of rotatable bonds is 6. The lowest BCUT2D eigenvalue weighted by Gasteiger charge is -2.31. The summed E-state index contributed by atoms with van der Waals surface area (Å²) in [7, 11) is -2.67. The van der Waals surface area contributed by atoms with Crippen LogP contribution in [0.15, 0.2) is 0 Å². The van der Waals surface area contributed by atoms with Crippen LogP contribution in [0.3, 0.4) is 0 Å². The molecule has 3 nitrogen and oxygen atoms in total. The van der Waals surface area contributed by atoms with E-state index < -0.39 is 7.94 Å². The second kappa shape index (κ2) is 9.13. The summed E-state index contributed by atoms with van der Waals surface area (Å²) < 4.78 is 12.7. The van der Waals surface area contributed by atoms with Gasteiger partial charge in [0.15, 0.2) is 0 Å². The normalized spacial score (nSPS) is 26.5. The fraction of sp³-hybridized carbons (Fsp3) is 1.00. The molecule has 0 aromatic rings. The summed E-state index contributed by atoms with van der Waals surface area (Å²) in [5.41, 5.74) is 0. The maximum Gasteiger partial charge on any atom is 0.409 e. The second-order valence-electron chi connectivity index (χ2n) is 8.05. The van der Waals surface area contributed by atoms with Crippen molar-refractivity contribution < 1.29 is 13.9 Å². The van der Waals surface area contributed by atoms with Crippen molar-refractivity contribution in [1.82, 2.24) is 0 Å². The minimum absolute atomic E-state index is 0.245. The van der Waals surface area contributed by atoms with Gasteiger partial charge in [-0.15, -0.1) is 0 Å². The summed E-state index contributed by atoms with van der Waals surface area (Å²) in [5, 5.41) is 0. The maximum absolute atomic E-state index is 11.3. The molecular formula is C19H36O3P+. The molecule has 3 aliphatic rings. The summed E-state index contributed by atoms with van der Waals surface area (Å²) in [5.74, 6) is 0.620. The van der Waals surface area contributed by atoms with E-state index in [2.05, 4.69) is 0 Å². The number of hydrogen-bond acceptors (Lipinski definition) is 3. The van der Waals surface area contributed by atoms with Crippen molar-refractivity contribution in [2.24, 2.45) is 5.92 Å². The molecule has 0 aromatic heterocycles. The first kappa shape index (κ1) is 18.1. The monoisotopic (exact) mass is 343 g/mol. The fourth-order valence-electron chi connectivity index (χ4n) is 4.61. The van der Waals surface area contributed by atoms with Crippen LogP contribution in [0, 0.1) is 5.92 Å². The summed E-state index contributed by atoms with van der Waals surface area (Å²) in [6.45, 7) is 0. The molecular weight excluding hydrogens is 307 g/mol. The highest BCUT2D eigenvalue weighted by Crippen LogP contribution is 2.62. The van der Waals surface area contributed by atoms with Crippen LogP contribution < -0.4 is 0 Å². The summed E-state index contributed by atoms with van der Waals surface area (Å²) in [4.78, 5) is 11.3. The highest BCUT2D eigenvalue weighted by molar-refractivity contribution is 7.60. The van der Waals surface area contributed by atoms with Crippen molar-refractivity contribution in [1.29, 1.82) is 0 Å². The summed E-state index contributed by atoms with van der Waals surface area (Å²) in [6, 6.07) is 0. The Morgan fingerprint density at radius 2 is 1.00 bits per heavy atom. The van der Waals surface area contributed by atoms with Gasteiger partial charge in [0, 0.05) is 5.92 Å². The summed E-state index contributed by atoms with van der Waals surface area (Å²) in [6.07, 6.45) is 19.9.